The van der Waals surface area contributed by atoms with Gasteiger partial charge in [-0.2, -0.15) is 0 Å². The molecule has 0 aliphatic heterocycles. The Bertz CT molecular complexity index is 287. The van der Waals surface area contributed by atoms with Gasteiger partial charge in [-0.25, -0.2) is 4.39 Å². The number of nitrogens with two attached hydrogens (primary N) is 1. The SMILES string of the molecule is CC(N)CCNCCc1cccc(F)c1. The Kier molecular flexibility index (Phi) is 5.29. The molecule has 0 bridgehead atoms. The monoisotopic (exact) mass is 210 g/mol. The molecule has 0 saturated carbocycles. The van der Waals surface area contributed by atoms with Crippen LogP contribution in [-0.4, -0.2) is 19.1 Å². The molecule has 0 aliphatic rings. The van der Waals surface area contributed by atoms with E-state index in [4.69, 9.17) is 5.73 Å². The Labute approximate surface area is 90.7 Å². The summed E-state index contributed by atoms with van der Waals surface area (Å²) in [5.74, 6) is -0.164. The van der Waals surface area contributed by atoms with Crippen LogP contribution in [0.5, 0.6) is 0 Å². The first kappa shape index (κ1) is 12.1. The summed E-state index contributed by atoms with van der Waals surface area (Å²) in [6, 6.07) is 6.97. The molecule has 0 heterocycles. The zero-order valence-corrected chi connectivity index (χ0v) is 9.17. The van der Waals surface area contributed by atoms with Crippen molar-refractivity contribution in [2.45, 2.75) is 25.8 Å². The molecule has 84 valence electrons. The fourth-order valence-electron chi connectivity index (χ4n) is 1.38. The molecule has 1 rings (SSSR count). The number of hydrogen-bond donors (Lipinski definition) is 2. The van der Waals surface area contributed by atoms with E-state index in [2.05, 4.69) is 5.32 Å². The van der Waals surface area contributed by atoms with Crippen LogP contribution in [0.15, 0.2) is 24.3 Å². The normalized spacial score (nSPS) is 12.7. The largest absolute Gasteiger partial charge is 0.328 e. The minimum atomic E-state index is -0.164. The summed E-state index contributed by atoms with van der Waals surface area (Å²) in [5.41, 5.74) is 6.65. The Hall–Kier alpha value is -0.930. The van der Waals surface area contributed by atoms with Gasteiger partial charge in [-0.1, -0.05) is 12.1 Å². The topological polar surface area (TPSA) is 38.0 Å². The molecule has 3 N–H and O–H groups in total. The van der Waals surface area contributed by atoms with E-state index in [-0.39, 0.29) is 11.9 Å². The molecule has 1 aromatic carbocycles. The first-order valence-corrected chi connectivity index (χ1v) is 5.39. The second-order valence-corrected chi connectivity index (χ2v) is 3.90. The Morgan fingerprint density at radius 1 is 1.40 bits per heavy atom. The molecule has 0 aromatic heterocycles. The summed E-state index contributed by atoms with van der Waals surface area (Å²) in [6.45, 7) is 3.79. The molecule has 0 fully saturated rings. The molecule has 0 aliphatic carbocycles. The van der Waals surface area contributed by atoms with Crippen molar-refractivity contribution < 1.29 is 4.39 Å². The maximum atomic E-state index is 12.8. The van der Waals surface area contributed by atoms with Gasteiger partial charge in [-0.05, 0) is 50.6 Å². The van der Waals surface area contributed by atoms with Gasteiger partial charge in [0.25, 0.3) is 0 Å². The second-order valence-electron chi connectivity index (χ2n) is 3.90. The van der Waals surface area contributed by atoms with Gasteiger partial charge >= 0.3 is 0 Å². The van der Waals surface area contributed by atoms with E-state index in [0.717, 1.165) is 31.5 Å². The van der Waals surface area contributed by atoms with Crippen molar-refractivity contribution in [3.05, 3.63) is 35.6 Å². The van der Waals surface area contributed by atoms with Crippen molar-refractivity contribution >= 4 is 0 Å². The molecule has 0 saturated heterocycles. The smallest absolute Gasteiger partial charge is 0.123 e. The van der Waals surface area contributed by atoms with E-state index in [1.54, 1.807) is 12.1 Å². The summed E-state index contributed by atoms with van der Waals surface area (Å²) in [6.07, 6.45) is 1.83. The highest BCUT2D eigenvalue weighted by atomic mass is 19.1. The van der Waals surface area contributed by atoms with Crippen LogP contribution in [-0.2, 0) is 6.42 Å². The average molecular weight is 210 g/mol. The zero-order chi connectivity index (χ0) is 11.1. The summed E-state index contributed by atoms with van der Waals surface area (Å²) in [7, 11) is 0. The Balaban J connectivity index is 2.15. The lowest BCUT2D eigenvalue weighted by Crippen LogP contribution is -2.25. The maximum Gasteiger partial charge on any atom is 0.123 e. The number of hydrogen-bond acceptors (Lipinski definition) is 2. The van der Waals surface area contributed by atoms with Gasteiger partial charge in [-0.3, -0.25) is 0 Å². The third kappa shape index (κ3) is 5.50. The van der Waals surface area contributed by atoms with Crippen LogP contribution in [0.4, 0.5) is 4.39 Å². The summed E-state index contributed by atoms with van der Waals surface area (Å²) in [5, 5.41) is 3.28. The fourth-order valence-corrected chi connectivity index (χ4v) is 1.38. The first-order valence-electron chi connectivity index (χ1n) is 5.39. The van der Waals surface area contributed by atoms with E-state index in [9.17, 15) is 4.39 Å². The summed E-state index contributed by atoms with van der Waals surface area (Å²) >= 11 is 0. The van der Waals surface area contributed by atoms with Gasteiger partial charge in [0.2, 0.25) is 0 Å². The van der Waals surface area contributed by atoms with Crippen molar-refractivity contribution in [2.75, 3.05) is 13.1 Å². The third-order valence-corrected chi connectivity index (χ3v) is 2.26. The Morgan fingerprint density at radius 3 is 2.87 bits per heavy atom. The van der Waals surface area contributed by atoms with Gasteiger partial charge in [-0.15, -0.1) is 0 Å². The highest BCUT2D eigenvalue weighted by Gasteiger charge is 1.96. The van der Waals surface area contributed by atoms with E-state index in [1.807, 2.05) is 13.0 Å². The van der Waals surface area contributed by atoms with Crippen molar-refractivity contribution in [3.63, 3.8) is 0 Å². The minimum absolute atomic E-state index is 0.164. The number of rotatable bonds is 6. The van der Waals surface area contributed by atoms with Crippen LogP contribution in [0.3, 0.4) is 0 Å². The average Bonchev–Trinajstić information content (AvgIpc) is 2.17. The van der Waals surface area contributed by atoms with Gasteiger partial charge in [0, 0.05) is 6.04 Å². The van der Waals surface area contributed by atoms with Crippen molar-refractivity contribution in [3.8, 4) is 0 Å². The molecule has 3 heteroatoms. The maximum absolute atomic E-state index is 12.8. The second kappa shape index (κ2) is 6.53. The lowest BCUT2D eigenvalue weighted by atomic mass is 10.1. The lowest BCUT2D eigenvalue weighted by Gasteiger charge is -2.06. The molecule has 15 heavy (non-hydrogen) atoms. The fraction of sp³-hybridized carbons (Fsp3) is 0.500. The van der Waals surface area contributed by atoms with E-state index < -0.39 is 0 Å². The van der Waals surface area contributed by atoms with Crippen LogP contribution in [0, 0.1) is 5.82 Å². The van der Waals surface area contributed by atoms with Crippen LogP contribution in [0.2, 0.25) is 0 Å². The first-order chi connectivity index (χ1) is 7.18. The molecule has 1 aromatic rings. The minimum Gasteiger partial charge on any atom is -0.328 e. The number of benzene rings is 1. The van der Waals surface area contributed by atoms with E-state index in [0.29, 0.717) is 0 Å². The van der Waals surface area contributed by atoms with Crippen molar-refractivity contribution in [2.24, 2.45) is 5.73 Å². The molecule has 1 unspecified atom stereocenters. The summed E-state index contributed by atoms with van der Waals surface area (Å²) < 4.78 is 12.8. The highest BCUT2D eigenvalue weighted by Crippen LogP contribution is 2.03. The molecule has 0 radical (unpaired) electrons. The van der Waals surface area contributed by atoms with E-state index in [1.165, 1.54) is 6.07 Å². The number of nitrogens with one attached hydrogen (secondary N) is 1. The predicted octanol–water partition coefficient (Wildman–Crippen LogP) is 1.70. The molecule has 0 spiro atoms. The lowest BCUT2D eigenvalue weighted by molar-refractivity contribution is 0.588. The quantitative estimate of drug-likeness (QED) is 0.701. The highest BCUT2D eigenvalue weighted by molar-refractivity contribution is 5.16. The Morgan fingerprint density at radius 2 is 2.20 bits per heavy atom. The van der Waals surface area contributed by atoms with Crippen molar-refractivity contribution in [1.82, 2.24) is 5.32 Å². The zero-order valence-electron chi connectivity index (χ0n) is 9.17. The number of halogens is 1. The van der Waals surface area contributed by atoms with Crippen LogP contribution >= 0.6 is 0 Å². The van der Waals surface area contributed by atoms with Crippen LogP contribution in [0.1, 0.15) is 18.9 Å². The van der Waals surface area contributed by atoms with Gasteiger partial charge < -0.3 is 11.1 Å². The molecular formula is C12H19FN2. The predicted molar refractivity (Wildman–Crippen MR) is 61.2 cm³/mol. The molecule has 1 atom stereocenters. The van der Waals surface area contributed by atoms with Crippen LogP contribution in [0.25, 0.3) is 0 Å². The van der Waals surface area contributed by atoms with Crippen molar-refractivity contribution in [1.29, 1.82) is 0 Å². The van der Waals surface area contributed by atoms with Gasteiger partial charge in [0.15, 0.2) is 0 Å². The standard InChI is InChI=1S/C12H19FN2/c1-10(14)5-7-15-8-6-11-3-2-4-12(13)9-11/h2-4,9-10,15H,5-8,14H2,1H3. The molecular weight excluding hydrogens is 191 g/mol. The molecule has 2 nitrogen and oxygen atoms in total. The van der Waals surface area contributed by atoms with E-state index >= 15 is 0 Å². The van der Waals surface area contributed by atoms with Crippen LogP contribution < -0.4 is 11.1 Å². The summed E-state index contributed by atoms with van der Waals surface area (Å²) in [4.78, 5) is 0. The molecule has 0 amide bonds. The third-order valence-electron chi connectivity index (χ3n) is 2.26. The van der Waals surface area contributed by atoms with Gasteiger partial charge in [0.1, 0.15) is 5.82 Å². The van der Waals surface area contributed by atoms with Gasteiger partial charge in [0.05, 0.1) is 0 Å².